The van der Waals surface area contributed by atoms with Gasteiger partial charge >= 0.3 is 0 Å². The van der Waals surface area contributed by atoms with Crippen LogP contribution in [0.15, 0.2) is 60.7 Å². The summed E-state index contributed by atoms with van der Waals surface area (Å²) in [6, 6.07) is 21.2. The fraction of sp³-hybridized carbons (Fsp3) is 0.429. The van der Waals surface area contributed by atoms with Gasteiger partial charge in [-0.1, -0.05) is 81.4 Å². The van der Waals surface area contributed by atoms with Gasteiger partial charge in [-0.25, -0.2) is 0 Å². The molecule has 1 atom stereocenters. The van der Waals surface area contributed by atoms with E-state index in [1.165, 1.54) is 10.4 Å². The van der Waals surface area contributed by atoms with E-state index in [1.807, 2.05) is 0 Å². The van der Waals surface area contributed by atoms with Crippen molar-refractivity contribution >= 4 is 19.4 Å². The van der Waals surface area contributed by atoms with Gasteiger partial charge in [0.05, 0.1) is 12.7 Å². The molecule has 3 rings (SSSR count). The molecule has 0 aromatic heterocycles. The van der Waals surface area contributed by atoms with Gasteiger partial charge in [-0.05, 0) is 28.6 Å². The molecule has 0 bridgehead atoms. The summed E-state index contributed by atoms with van der Waals surface area (Å²) in [4.78, 5) is 0. The van der Waals surface area contributed by atoms with Crippen molar-refractivity contribution in [1.29, 1.82) is 0 Å². The number of aliphatic hydroxyl groups is 1. The molecule has 24 heavy (non-hydrogen) atoms. The zero-order valence-electron chi connectivity index (χ0n) is 14.9. The predicted octanol–water partition coefficient (Wildman–Crippen LogP) is 2.73. The fourth-order valence-electron chi connectivity index (χ4n) is 3.67. The van der Waals surface area contributed by atoms with Crippen LogP contribution in [0.2, 0.25) is 0 Å². The normalized spacial score (nSPS) is 17.7. The van der Waals surface area contributed by atoms with Gasteiger partial charge in [0.1, 0.15) is 0 Å². The summed E-state index contributed by atoms with van der Waals surface area (Å²) in [5.41, 5.74) is -0.0406. The first-order valence-corrected chi connectivity index (χ1v) is 10.5. The zero-order chi connectivity index (χ0) is 17.2. The summed E-state index contributed by atoms with van der Waals surface area (Å²) in [5.74, 6) is 0. The Balaban J connectivity index is 1.97. The number of hydrogen-bond acceptors (Lipinski definition) is 2. The zero-order valence-corrected chi connectivity index (χ0v) is 16.1. The molecule has 0 aliphatic heterocycles. The molecule has 1 aliphatic rings. The molecule has 2 nitrogen and oxygen atoms in total. The molecule has 0 saturated heterocycles. The lowest BCUT2D eigenvalue weighted by Gasteiger charge is -2.39. The van der Waals surface area contributed by atoms with Crippen molar-refractivity contribution in [1.82, 2.24) is 0 Å². The standard InChI is InChI=1S/C21H28O2Si/c1-20(2,3)19(21(16-22)14-15-21)23-24(17-10-6-4-7-11-17)18-12-8-5-9-13-18/h4-13,19,22,24H,14-16H2,1-3H3. The van der Waals surface area contributed by atoms with E-state index >= 15 is 0 Å². The van der Waals surface area contributed by atoms with E-state index in [-0.39, 0.29) is 23.5 Å². The Hall–Kier alpha value is -1.42. The molecule has 3 heteroatoms. The molecule has 0 heterocycles. The predicted molar refractivity (Wildman–Crippen MR) is 102 cm³/mol. The van der Waals surface area contributed by atoms with E-state index in [0.717, 1.165) is 12.8 Å². The SMILES string of the molecule is CC(C)(C)C(O[SiH](c1ccccc1)c1ccccc1)C1(CO)CC1. The van der Waals surface area contributed by atoms with Crippen molar-refractivity contribution in [2.24, 2.45) is 10.8 Å². The maximum absolute atomic E-state index is 9.98. The number of hydrogen-bond donors (Lipinski definition) is 1. The monoisotopic (exact) mass is 340 g/mol. The van der Waals surface area contributed by atoms with Gasteiger partial charge in [-0.15, -0.1) is 0 Å². The summed E-state index contributed by atoms with van der Waals surface area (Å²) in [7, 11) is -1.79. The van der Waals surface area contributed by atoms with E-state index in [4.69, 9.17) is 4.43 Å². The van der Waals surface area contributed by atoms with E-state index in [9.17, 15) is 5.11 Å². The van der Waals surface area contributed by atoms with Crippen LogP contribution in [-0.4, -0.2) is 26.9 Å². The lowest BCUT2D eigenvalue weighted by molar-refractivity contribution is -0.00400. The van der Waals surface area contributed by atoms with Gasteiger partial charge in [0.2, 0.25) is 9.04 Å². The maximum atomic E-state index is 9.98. The quantitative estimate of drug-likeness (QED) is 0.820. The molecule has 1 unspecified atom stereocenters. The highest BCUT2D eigenvalue weighted by molar-refractivity contribution is 6.80. The van der Waals surface area contributed by atoms with Crippen LogP contribution in [0, 0.1) is 10.8 Å². The van der Waals surface area contributed by atoms with Gasteiger partial charge in [0, 0.05) is 5.41 Å². The van der Waals surface area contributed by atoms with Crippen molar-refractivity contribution in [2.45, 2.75) is 39.7 Å². The third-order valence-corrected chi connectivity index (χ3v) is 7.55. The Morgan fingerprint density at radius 1 is 0.958 bits per heavy atom. The van der Waals surface area contributed by atoms with Crippen molar-refractivity contribution in [3.05, 3.63) is 60.7 Å². The van der Waals surface area contributed by atoms with E-state index in [1.54, 1.807) is 0 Å². The molecule has 0 amide bonds. The van der Waals surface area contributed by atoms with Crippen LogP contribution in [0.25, 0.3) is 0 Å². The average Bonchev–Trinajstić information content (AvgIpc) is 3.37. The average molecular weight is 341 g/mol. The minimum atomic E-state index is -1.79. The maximum Gasteiger partial charge on any atom is 0.240 e. The summed E-state index contributed by atoms with van der Waals surface area (Å²) in [6.07, 6.45) is 2.21. The Kier molecular flexibility index (Phi) is 4.95. The van der Waals surface area contributed by atoms with Crippen LogP contribution in [-0.2, 0) is 4.43 Å². The fourth-order valence-corrected chi connectivity index (χ4v) is 6.48. The van der Waals surface area contributed by atoms with Crippen LogP contribution in [0.3, 0.4) is 0 Å². The van der Waals surface area contributed by atoms with Crippen LogP contribution >= 0.6 is 0 Å². The highest BCUT2D eigenvalue weighted by atomic mass is 28.3. The minimum absolute atomic E-state index is 0.00798. The number of rotatable bonds is 6. The Bertz CT molecular complexity index is 605. The van der Waals surface area contributed by atoms with E-state index in [2.05, 4.69) is 81.4 Å². The molecular formula is C21H28O2Si. The van der Waals surface area contributed by atoms with Gasteiger partial charge in [0.25, 0.3) is 0 Å². The number of aliphatic hydroxyl groups excluding tert-OH is 1. The molecule has 128 valence electrons. The van der Waals surface area contributed by atoms with Crippen LogP contribution in [0.5, 0.6) is 0 Å². The highest BCUT2D eigenvalue weighted by Gasteiger charge is 2.54. The van der Waals surface area contributed by atoms with Crippen molar-refractivity contribution in [3.8, 4) is 0 Å². The van der Waals surface area contributed by atoms with E-state index < -0.39 is 9.04 Å². The number of benzene rings is 2. The van der Waals surface area contributed by atoms with Crippen molar-refractivity contribution < 1.29 is 9.53 Å². The van der Waals surface area contributed by atoms with Crippen LogP contribution in [0.1, 0.15) is 33.6 Å². The van der Waals surface area contributed by atoms with Crippen LogP contribution in [0.4, 0.5) is 0 Å². The second-order valence-electron chi connectivity index (χ2n) is 8.10. The first kappa shape index (κ1) is 17.4. The van der Waals surface area contributed by atoms with Gasteiger partial charge in [-0.3, -0.25) is 0 Å². The first-order chi connectivity index (χ1) is 11.5. The lowest BCUT2D eigenvalue weighted by Crippen LogP contribution is -2.52. The molecule has 1 aliphatic carbocycles. The molecule has 0 spiro atoms. The van der Waals surface area contributed by atoms with Gasteiger partial charge < -0.3 is 9.53 Å². The van der Waals surface area contributed by atoms with Crippen molar-refractivity contribution in [2.75, 3.05) is 6.61 Å². The topological polar surface area (TPSA) is 29.5 Å². The largest absolute Gasteiger partial charge is 0.407 e. The van der Waals surface area contributed by atoms with Crippen molar-refractivity contribution in [3.63, 3.8) is 0 Å². The van der Waals surface area contributed by atoms with Crippen LogP contribution < -0.4 is 10.4 Å². The smallest absolute Gasteiger partial charge is 0.240 e. The first-order valence-electron chi connectivity index (χ1n) is 8.82. The third kappa shape index (κ3) is 3.64. The molecule has 1 N–H and O–H groups in total. The highest BCUT2D eigenvalue weighted by Crippen LogP contribution is 2.54. The molecule has 0 radical (unpaired) electrons. The Morgan fingerprint density at radius 3 is 1.75 bits per heavy atom. The van der Waals surface area contributed by atoms with E-state index in [0.29, 0.717) is 0 Å². The van der Waals surface area contributed by atoms with Gasteiger partial charge in [0.15, 0.2) is 0 Å². The van der Waals surface area contributed by atoms with Gasteiger partial charge in [-0.2, -0.15) is 0 Å². The summed E-state index contributed by atoms with van der Waals surface area (Å²) >= 11 is 0. The lowest BCUT2D eigenvalue weighted by atomic mass is 9.79. The summed E-state index contributed by atoms with van der Waals surface area (Å²) in [6.45, 7) is 6.91. The molecule has 2 aromatic carbocycles. The molecule has 1 saturated carbocycles. The minimum Gasteiger partial charge on any atom is -0.407 e. The second kappa shape index (κ2) is 6.83. The summed E-state index contributed by atoms with van der Waals surface area (Å²) in [5, 5.41) is 12.6. The molecule has 2 aromatic rings. The molecular weight excluding hydrogens is 312 g/mol. The molecule has 1 fully saturated rings. The summed E-state index contributed by atoms with van der Waals surface area (Å²) < 4.78 is 6.88. The third-order valence-electron chi connectivity index (χ3n) is 5.03. The Labute approximate surface area is 147 Å². The Morgan fingerprint density at radius 2 is 1.42 bits per heavy atom. The second-order valence-corrected chi connectivity index (χ2v) is 10.5.